The molecule has 8 unspecified atom stereocenters. The summed E-state index contributed by atoms with van der Waals surface area (Å²) >= 11 is -0.673. The third kappa shape index (κ3) is 6.86. The van der Waals surface area contributed by atoms with E-state index in [4.69, 9.17) is 0 Å². The maximum absolute atomic E-state index is 11.0. The summed E-state index contributed by atoms with van der Waals surface area (Å²) in [7, 11) is 0. The number of nitrogens with one attached hydrogen (secondary N) is 8. The van der Waals surface area contributed by atoms with E-state index in [-0.39, 0.29) is 0 Å². The molecule has 0 spiro atoms. The van der Waals surface area contributed by atoms with E-state index in [1.165, 1.54) is 103 Å². The fourth-order valence-corrected chi connectivity index (χ4v) is 12.8. The van der Waals surface area contributed by atoms with E-state index in [9.17, 15) is 18.0 Å². The number of halogens is 3. The summed E-state index contributed by atoms with van der Waals surface area (Å²) in [5.74, 6) is 3.89. The molecule has 0 amide bonds. The third-order valence-electron chi connectivity index (χ3n) is 14.2. The van der Waals surface area contributed by atoms with E-state index in [2.05, 4.69) is 45.4 Å². The number of hydrogen-bond acceptors (Lipinski definition) is 10. The van der Waals surface area contributed by atoms with Crippen molar-refractivity contribution in [1.29, 1.82) is 0 Å². The zero-order valence-electron chi connectivity index (χ0n) is 28.5. The molecule has 5 aliphatic heterocycles. The van der Waals surface area contributed by atoms with E-state index in [0.717, 1.165) is 47.3 Å². The number of carbonyl (C=O) groups is 1. The van der Waals surface area contributed by atoms with Crippen LogP contribution in [0, 0.1) is 47.3 Å². The van der Waals surface area contributed by atoms with Gasteiger partial charge in [0.25, 0.3) is 0 Å². The topological polar surface area (TPSA) is 123 Å². The number of fused-ring (bicyclic) bond motifs is 20. The summed E-state index contributed by atoms with van der Waals surface area (Å²) < 4.78 is 36.6. The van der Waals surface area contributed by atoms with Crippen molar-refractivity contribution < 1.29 is 20.8 Å². The standard InChI is InChI=1S/C32H56N8.C2HF3O2.In.2H/c1-2-10-18-17(9-1)25-33-26(18)38-28-21-13-5-6-14-22(21)30(35-28)40-32-24-16-8-7-15-23(24)31(36-32)39-29-20-12-4-3-11-19(20)27(34-29)37-25;3-2(4,5)1(6)7;;;/h17-40H,1-16H2;(H,6,7);;;/q;;+1;;/p-1. The molecule has 0 radical (unpaired) electrons. The summed E-state index contributed by atoms with van der Waals surface area (Å²) in [6.07, 6.45) is 20.8. The molecule has 5 heterocycles. The van der Waals surface area contributed by atoms with Gasteiger partial charge in [0.1, 0.15) is 0 Å². The molecule has 48 heavy (non-hydrogen) atoms. The van der Waals surface area contributed by atoms with Crippen LogP contribution in [0.1, 0.15) is 103 Å². The van der Waals surface area contributed by atoms with Gasteiger partial charge in [0.2, 0.25) is 0 Å². The average Bonchev–Trinajstić information content (AvgIpc) is 3.83. The van der Waals surface area contributed by atoms with Crippen molar-refractivity contribution in [3.63, 3.8) is 0 Å². The molecule has 4 saturated carbocycles. The zero-order chi connectivity index (χ0) is 33.0. The van der Waals surface area contributed by atoms with E-state index in [1.807, 2.05) is 0 Å². The number of alkyl halides is 3. The van der Waals surface area contributed by atoms with Crippen LogP contribution in [0.15, 0.2) is 0 Å². The Labute approximate surface area is 298 Å². The molecule has 14 heteroatoms. The predicted octanol–water partition coefficient (Wildman–Crippen LogP) is 2.25. The molecule has 270 valence electrons. The van der Waals surface area contributed by atoms with Crippen LogP contribution in [0.25, 0.3) is 0 Å². The van der Waals surface area contributed by atoms with Crippen LogP contribution >= 0.6 is 0 Å². The van der Waals surface area contributed by atoms with Gasteiger partial charge in [-0.05, 0) is 98.7 Å². The third-order valence-corrected chi connectivity index (χ3v) is 15.3. The Bertz CT molecular complexity index is 932. The number of carbonyl (C=O) groups excluding carboxylic acids is 1. The molecule has 9 aliphatic rings. The molecule has 0 aromatic rings. The Kier molecular flexibility index (Phi) is 10.7. The molecule has 9 fully saturated rings. The van der Waals surface area contributed by atoms with Gasteiger partial charge in [-0.25, -0.2) is 0 Å². The normalized spacial score (nSPS) is 49.8. The van der Waals surface area contributed by atoms with Crippen molar-refractivity contribution in [3.05, 3.63) is 0 Å². The van der Waals surface area contributed by atoms with Crippen LogP contribution in [0.4, 0.5) is 13.2 Å². The van der Waals surface area contributed by atoms with Gasteiger partial charge in [-0.2, -0.15) is 0 Å². The number of hydrogen-bond donors (Lipinski definition) is 8. The Morgan fingerprint density at radius 1 is 0.417 bits per heavy atom. The fraction of sp³-hybridized carbons (Fsp3) is 0.971. The molecular formula is C34H58F3InN8O2. The first-order chi connectivity index (χ1) is 23.3. The molecule has 9 rings (SSSR count). The van der Waals surface area contributed by atoms with E-state index in [0.29, 0.717) is 49.3 Å². The Hall–Kier alpha value is -0.190. The first-order valence-corrected chi connectivity index (χ1v) is 21.8. The van der Waals surface area contributed by atoms with Gasteiger partial charge in [-0.3, -0.25) is 42.5 Å². The van der Waals surface area contributed by atoms with E-state index in [1.54, 1.807) is 0 Å². The van der Waals surface area contributed by atoms with Gasteiger partial charge in [0, 0.05) is 0 Å². The molecule has 0 aromatic carbocycles. The van der Waals surface area contributed by atoms with Gasteiger partial charge in [-0.1, -0.05) is 51.4 Å². The molecular weight excluding hydrogens is 724 g/mol. The fourth-order valence-electron chi connectivity index (χ4n) is 12.1. The molecule has 0 aromatic heterocycles. The minimum atomic E-state index is -4.80. The van der Waals surface area contributed by atoms with Gasteiger partial charge in [0.05, 0.1) is 49.3 Å². The predicted molar refractivity (Wildman–Crippen MR) is 178 cm³/mol. The second-order valence-corrected chi connectivity index (χ2v) is 17.8. The van der Waals surface area contributed by atoms with Crippen molar-refractivity contribution in [2.75, 3.05) is 0 Å². The van der Waals surface area contributed by atoms with Crippen LogP contribution in [0.2, 0.25) is 0 Å². The monoisotopic (exact) mass is 782 g/mol. The Morgan fingerprint density at radius 3 is 0.688 bits per heavy atom. The second-order valence-electron chi connectivity index (χ2n) is 16.6. The summed E-state index contributed by atoms with van der Waals surface area (Å²) in [6, 6.07) is 0. The van der Waals surface area contributed by atoms with Crippen molar-refractivity contribution in [2.24, 2.45) is 47.3 Å². The maximum atomic E-state index is 11.0. The van der Waals surface area contributed by atoms with Crippen molar-refractivity contribution in [3.8, 4) is 0 Å². The summed E-state index contributed by atoms with van der Waals surface area (Å²) in [5.41, 5.74) is 0. The quantitative estimate of drug-likeness (QED) is 0.186. The zero-order valence-corrected chi connectivity index (χ0v) is 34.2. The molecule has 8 bridgehead atoms. The molecule has 10 nitrogen and oxygen atoms in total. The van der Waals surface area contributed by atoms with Crippen LogP contribution in [0.3, 0.4) is 0 Å². The van der Waals surface area contributed by atoms with Crippen LogP contribution in [-0.2, 0) is 7.65 Å². The van der Waals surface area contributed by atoms with Crippen molar-refractivity contribution >= 4 is 30.8 Å². The number of rotatable bonds is 0. The molecule has 8 N–H and O–H groups in total. The van der Waals surface area contributed by atoms with Gasteiger partial charge < -0.3 is 0 Å². The van der Waals surface area contributed by atoms with Gasteiger partial charge in [-0.15, -0.1) is 0 Å². The first-order valence-electron chi connectivity index (χ1n) is 19.5. The summed E-state index contributed by atoms with van der Waals surface area (Å²) in [4.78, 5) is 9.54. The molecule has 8 atom stereocenters. The molecule has 5 saturated heterocycles. The minimum absolute atomic E-state index is 0.420. The average molecular weight is 783 g/mol. The van der Waals surface area contributed by atoms with Gasteiger partial charge in [0.15, 0.2) is 0 Å². The first kappa shape index (κ1) is 34.9. The van der Waals surface area contributed by atoms with E-state index >= 15 is 0 Å². The Balaban J connectivity index is 0.000000377. The van der Waals surface area contributed by atoms with Gasteiger partial charge >= 0.3 is 57.8 Å². The summed E-state index contributed by atoms with van der Waals surface area (Å²) in [6.45, 7) is 0. The molecule has 4 aliphatic carbocycles. The van der Waals surface area contributed by atoms with E-state index < -0.39 is 37.0 Å². The summed E-state index contributed by atoms with van der Waals surface area (Å²) in [5, 5.41) is 33.8. The van der Waals surface area contributed by atoms with Crippen LogP contribution in [-0.4, -0.2) is 86.3 Å². The van der Waals surface area contributed by atoms with Crippen molar-refractivity contribution in [1.82, 2.24) is 42.5 Å². The second kappa shape index (κ2) is 14.7. The van der Waals surface area contributed by atoms with Crippen LogP contribution in [0.5, 0.6) is 0 Å². The van der Waals surface area contributed by atoms with Crippen molar-refractivity contribution in [2.45, 2.75) is 158 Å². The SMILES string of the molecule is C1CCC2C3NC(NC4NC(NC5NC(NC6NC(N3)C3CCCCC63)C3CCCCC53)C3CCCCC43)C2C1.O=C([O][InH2])C(F)(F)F. The Morgan fingerprint density at radius 2 is 0.583 bits per heavy atom. The van der Waals surface area contributed by atoms with Crippen LogP contribution < -0.4 is 42.5 Å².